The van der Waals surface area contributed by atoms with E-state index in [1.54, 1.807) is 23.1 Å². The lowest BCUT2D eigenvalue weighted by Gasteiger charge is -2.26. The van der Waals surface area contributed by atoms with E-state index in [0.29, 0.717) is 29.2 Å². The smallest absolute Gasteiger partial charge is 0.255 e. The highest BCUT2D eigenvalue weighted by Gasteiger charge is 2.37. The standard InChI is InChI=1S/C20H21FN2O3/c1-4-23-16-10-9-15(11-17(16)26-12-20(2,3)19(23)25)22-18(24)13-5-7-14(21)8-6-13/h5-11H,4,12H2,1-3H3,(H,22,24). The summed E-state index contributed by atoms with van der Waals surface area (Å²) in [7, 11) is 0. The third kappa shape index (κ3) is 3.40. The van der Waals surface area contributed by atoms with Gasteiger partial charge < -0.3 is 15.0 Å². The number of hydrogen-bond donors (Lipinski definition) is 1. The van der Waals surface area contributed by atoms with Crippen molar-refractivity contribution < 1.29 is 18.7 Å². The van der Waals surface area contributed by atoms with E-state index in [2.05, 4.69) is 5.32 Å². The fraction of sp³-hybridized carbons (Fsp3) is 0.300. The Labute approximate surface area is 151 Å². The number of nitrogens with zero attached hydrogens (tertiary/aromatic N) is 1. The van der Waals surface area contributed by atoms with Crippen molar-refractivity contribution in [1.82, 2.24) is 0 Å². The molecule has 2 aromatic rings. The Morgan fingerprint density at radius 1 is 1.23 bits per heavy atom. The number of rotatable bonds is 3. The summed E-state index contributed by atoms with van der Waals surface area (Å²) in [6.45, 7) is 6.39. The van der Waals surface area contributed by atoms with Crippen molar-refractivity contribution in [2.24, 2.45) is 5.41 Å². The highest BCUT2D eigenvalue weighted by atomic mass is 19.1. The lowest BCUT2D eigenvalue weighted by Crippen LogP contribution is -2.42. The zero-order valence-corrected chi connectivity index (χ0v) is 15.0. The summed E-state index contributed by atoms with van der Waals surface area (Å²) in [5, 5.41) is 2.77. The Kier molecular flexibility index (Phi) is 4.68. The van der Waals surface area contributed by atoms with Gasteiger partial charge in [-0.05, 0) is 57.2 Å². The Hall–Kier alpha value is -2.89. The molecule has 1 heterocycles. The number of hydrogen-bond acceptors (Lipinski definition) is 3. The molecule has 0 radical (unpaired) electrons. The van der Waals surface area contributed by atoms with Crippen LogP contribution in [0.4, 0.5) is 15.8 Å². The Morgan fingerprint density at radius 3 is 2.58 bits per heavy atom. The van der Waals surface area contributed by atoms with Crippen LogP contribution >= 0.6 is 0 Å². The molecule has 0 unspecified atom stereocenters. The highest BCUT2D eigenvalue weighted by Crippen LogP contribution is 2.38. The number of anilines is 2. The molecule has 0 spiro atoms. The quantitative estimate of drug-likeness (QED) is 0.909. The van der Waals surface area contributed by atoms with E-state index in [-0.39, 0.29) is 18.4 Å². The van der Waals surface area contributed by atoms with E-state index in [0.717, 1.165) is 0 Å². The molecule has 2 aromatic carbocycles. The van der Waals surface area contributed by atoms with E-state index in [9.17, 15) is 14.0 Å². The number of amides is 2. The number of halogens is 1. The van der Waals surface area contributed by atoms with Gasteiger partial charge in [0.2, 0.25) is 5.91 Å². The largest absolute Gasteiger partial charge is 0.490 e. The number of carbonyl (C=O) groups is 2. The Balaban J connectivity index is 1.87. The topological polar surface area (TPSA) is 58.6 Å². The first-order chi connectivity index (χ1) is 12.3. The van der Waals surface area contributed by atoms with Crippen LogP contribution in [0.15, 0.2) is 42.5 Å². The monoisotopic (exact) mass is 356 g/mol. The van der Waals surface area contributed by atoms with Crippen LogP contribution in [0.3, 0.4) is 0 Å². The lowest BCUT2D eigenvalue weighted by molar-refractivity contribution is -0.127. The predicted octanol–water partition coefficient (Wildman–Crippen LogP) is 3.85. The predicted molar refractivity (Wildman–Crippen MR) is 98.1 cm³/mol. The average Bonchev–Trinajstić information content (AvgIpc) is 2.70. The van der Waals surface area contributed by atoms with Gasteiger partial charge in [0.15, 0.2) is 0 Å². The van der Waals surface area contributed by atoms with E-state index in [1.165, 1.54) is 24.3 Å². The minimum Gasteiger partial charge on any atom is -0.490 e. The van der Waals surface area contributed by atoms with Gasteiger partial charge in [0.25, 0.3) is 5.91 Å². The molecule has 0 saturated carbocycles. The van der Waals surface area contributed by atoms with Gasteiger partial charge in [0, 0.05) is 23.9 Å². The fourth-order valence-electron chi connectivity index (χ4n) is 2.84. The van der Waals surface area contributed by atoms with Crippen molar-refractivity contribution in [3.05, 3.63) is 53.8 Å². The zero-order chi connectivity index (χ0) is 18.9. The molecule has 6 heteroatoms. The number of ether oxygens (including phenoxy) is 1. The van der Waals surface area contributed by atoms with Gasteiger partial charge >= 0.3 is 0 Å². The maximum atomic E-state index is 13.0. The van der Waals surface area contributed by atoms with Gasteiger partial charge in [-0.2, -0.15) is 0 Å². The first kappa shape index (κ1) is 17.9. The summed E-state index contributed by atoms with van der Waals surface area (Å²) in [6, 6.07) is 10.5. The molecule has 1 aliphatic rings. The van der Waals surface area contributed by atoms with Gasteiger partial charge in [-0.15, -0.1) is 0 Å². The van der Waals surface area contributed by atoms with Crippen LogP contribution in [0.5, 0.6) is 5.75 Å². The molecule has 0 atom stereocenters. The molecule has 0 bridgehead atoms. The van der Waals surface area contributed by atoms with E-state index in [4.69, 9.17) is 4.74 Å². The first-order valence-corrected chi connectivity index (χ1v) is 8.47. The Bertz CT molecular complexity index is 847. The van der Waals surface area contributed by atoms with E-state index in [1.807, 2.05) is 20.8 Å². The second kappa shape index (κ2) is 6.78. The summed E-state index contributed by atoms with van der Waals surface area (Å²) in [5.41, 5.74) is 0.949. The van der Waals surface area contributed by atoms with Gasteiger partial charge in [0.1, 0.15) is 18.2 Å². The van der Waals surface area contributed by atoms with Crippen LogP contribution < -0.4 is 15.0 Å². The van der Waals surface area contributed by atoms with Crippen molar-refractivity contribution in [2.75, 3.05) is 23.4 Å². The van der Waals surface area contributed by atoms with Crippen LogP contribution in [0.2, 0.25) is 0 Å². The summed E-state index contributed by atoms with van der Waals surface area (Å²) in [5.74, 6) is -0.196. The number of benzene rings is 2. The lowest BCUT2D eigenvalue weighted by atomic mass is 9.93. The fourth-order valence-corrected chi connectivity index (χ4v) is 2.84. The molecule has 1 N–H and O–H groups in total. The molecule has 2 amide bonds. The van der Waals surface area contributed by atoms with Gasteiger partial charge in [-0.25, -0.2) is 4.39 Å². The molecule has 0 fully saturated rings. The molecule has 0 saturated heterocycles. The molecule has 5 nitrogen and oxygen atoms in total. The van der Waals surface area contributed by atoms with Crippen LogP contribution in [0.1, 0.15) is 31.1 Å². The van der Waals surface area contributed by atoms with Crippen molar-refractivity contribution >= 4 is 23.2 Å². The highest BCUT2D eigenvalue weighted by molar-refractivity contribution is 6.05. The molecular formula is C20H21FN2O3. The SMILES string of the molecule is CCN1C(=O)C(C)(C)COc2cc(NC(=O)c3ccc(F)cc3)ccc21. The zero-order valence-electron chi connectivity index (χ0n) is 15.0. The molecular weight excluding hydrogens is 335 g/mol. The van der Waals surface area contributed by atoms with Crippen LogP contribution in [0.25, 0.3) is 0 Å². The van der Waals surface area contributed by atoms with Crippen molar-refractivity contribution in [1.29, 1.82) is 0 Å². The van der Waals surface area contributed by atoms with Gasteiger partial charge in [-0.3, -0.25) is 9.59 Å². The van der Waals surface area contributed by atoms with Gasteiger partial charge in [-0.1, -0.05) is 0 Å². The minimum absolute atomic E-state index is 0.00171. The first-order valence-electron chi connectivity index (χ1n) is 8.47. The maximum Gasteiger partial charge on any atom is 0.255 e. The average molecular weight is 356 g/mol. The number of nitrogens with one attached hydrogen (secondary N) is 1. The molecule has 1 aliphatic heterocycles. The number of carbonyl (C=O) groups excluding carboxylic acids is 2. The van der Waals surface area contributed by atoms with Crippen molar-refractivity contribution in [3.8, 4) is 5.75 Å². The van der Waals surface area contributed by atoms with E-state index >= 15 is 0 Å². The third-order valence-electron chi connectivity index (χ3n) is 4.34. The second-order valence-electron chi connectivity index (χ2n) is 6.87. The minimum atomic E-state index is -0.632. The van der Waals surface area contributed by atoms with Crippen LogP contribution in [-0.4, -0.2) is 25.0 Å². The second-order valence-corrected chi connectivity index (χ2v) is 6.87. The van der Waals surface area contributed by atoms with Crippen molar-refractivity contribution in [3.63, 3.8) is 0 Å². The summed E-state index contributed by atoms with van der Waals surface area (Å²) < 4.78 is 18.8. The molecule has 3 rings (SSSR count). The molecule has 26 heavy (non-hydrogen) atoms. The number of fused-ring (bicyclic) bond motifs is 1. The molecule has 0 aliphatic carbocycles. The summed E-state index contributed by atoms with van der Waals surface area (Å²) in [4.78, 5) is 26.7. The van der Waals surface area contributed by atoms with Crippen LogP contribution in [0, 0.1) is 11.2 Å². The van der Waals surface area contributed by atoms with Crippen molar-refractivity contribution in [2.45, 2.75) is 20.8 Å². The maximum absolute atomic E-state index is 13.0. The molecule has 136 valence electrons. The summed E-state index contributed by atoms with van der Waals surface area (Å²) >= 11 is 0. The van der Waals surface area contributed by atoms with Gasteiger partial charge in [0.05, 0.1) is 11.1 Å². The molecule has 0 aromatic heterocycles. The summed E-state index contributed by atoms with van der Waals surface area (Å²) in [6.07, 6.45) is 0. The third-order valence-corrected chi connectivity index (χ3v) is 4.34. The normalized spacial score (nSPS) is 15.7. The van der Waals surface area contributed by atoms with Crippen LogP contribution in [-0.2, 0) is 4.79 Å². The Morgan fingerprint density at radius 2 is 1.92 bits per heavy atom. The van der Waals surface area contributed by atoms with E-state index < -0.39 is 11.2 Å².